The van der Waals surface area contributed by atoms with Crippen LogP contribution in [-0.2, 0) is 17.6 Å². The molecule has 2 rings (SSSR count). The van der Waals surface area contributed by atoms with E-state index in [9.17, 15) is 4.79 Å². The summed E-state index contributed by atoms with van der Waals surface area (Å²) in [4.78, 5) is 19.1. The van der Waals surface area contributed by atoms with Crippen molar-refractivity contribution in [2.24, 2.45) is 0 Å². The van der Waals surface area contributed by atoms with Gasteiger partial charge in [0, 0.05) is 17.9 Å². The fraction of sp³-hybridized carbons (Fsp3) is 0.545. The number of aryl methyl sites for hydroxylation is 2. The van der Waals surface area contributed by atoms with Crippen LogP contribution in [0.5, 0.6) is 0 Å². The number of nitrogens with zero attached hydrogens (tertiary/aromatic N) is 2. The number of rotatable bonds is 4. The minimum absolute atomic E-state index is 0.0828. The zero-order chi connectivity index (χ0) is 11.5. The van der Waals surface area contributed by atoms with Gasteiger partial charge in [-0.05, 0) is 31.7 Å². The molecule has 0 amide bonds. The van der Waals surface area contributed by atoms with Crippen molar-refractivity contribution >= 4 is 11.9 Å². The maximum atomic E-state index is 10.4. The van der Waals surface area contributed by atoms with Crippen LogP contribution in [0.25, 0.3) is 0 Å². The summed E-state index contributed by atoms with van der Waals surface area (Å²) in [7, 11) is 0. The lowest BCUT2D eigenvalue weighted by Gasteiger charge is -2.07. The Bertz CT molecular complexity index is 418. The number of carboxylic acids is 1. The summed E-state index contributed by atoms with van der Waals surface area (Å²) in [5.74, 6) is -0.259. The van der Waals surface area contributed by atoms with E-state index in [2.05, 4.69) is 15.3 Å². The molecule has 1 aliphatic carbocycles. The lowest BCUT2D eigenvalue weighted by molar-refractivity contribution is -0.136. The summed E-state index contributed by atoms with van der Waals surface area (Å²) in [5.41, 5.74) is 3.40. The Morgan fingerprint density at radius 3 is 3.00 bits per heavy atom. The number of aromatic nitrogens is 2. The highest BCUT2D eigenvalue weighted by atomic mass is 16.4. The van der Waals surface area contributed by atoms with Crippen molar-refractivity contribution in [1.82, 2.24) is 9.97 Å². The zero-order valence-electron chi connectivity index (χ0n) is 9.29. The van der Waals surface area contributed by atoms with E-state index in [1.165, 1.54) is 5.56 Å². The van der Waals surface area contributed by atoms with Gasteiger partial charge in [-0.1, -0.05) is 0 Å². The topological polar surface area (TPSA) is 75.1 Å². The van der Waals surface area contributed by atoms with Crippen LogP contribution >= 0.6 is 0 Å². The number of hydrogen-bond acceptors (Lipinski definition) is 4. The molecule has 5 heteroatoms. The Hall–Kier alpha value is -1.65. The van der Waals surface area contributed by atoms with Gasteiger partial charge in [0.05, 0.1) is 6.42 Å². The molecule has 0 aliphatic heterocycles. The Labute approximate surface area is 93.9 Å². The zero-order valence-corrected chi connectivity index (χ0v) is 9.29. The first kappa shape index (κ1) is 10.9. The molecule has 16 heavy (non-hydrogen) atoms. The molecule has 2 N–H and O–H groups in total. The van der Waals surface area contributed by atoms with Crippen LogP contribution in [0.4, 0.5) is 5.95 Å². The van der Waals surface area contributed by atoms with Crippen LogP contribution in [0.15, 0.2) is 0 Å². The standard InChI is InChI=1S/C11H15N3O2/c1-7-8-3-2-4-9(8)14-11(13-7)12-6-5-10(15)16/h2-6H2,1H3,(H,15,16)(H,12,13,14). The van der Waals surface area contributed by atoms with E-state index in [0.29, 0.717) is 12.5 Å². The molecular formula is C11H15N3O2. The molecule has 0 saturated carbocycles. The van der Waals surface area contributed by atoms with Crippen molar-refractivity contribution in [1.29, 1.82) is 0 Å². The fourth-order valence-electron chi connectivity index (χ4n) is 1.98. The second-order valence-electron chi connectivity index (χ2n) is 3.98. The molecule has 0 radical (unpaired) electrons. The molecule has 1 aliphatic rings. The lowest BCUT2D eigenvalue weighted by atomic mass is 10.2. The average Bonchev–Trinajstić information content (AvgIpc) is 2.65. The summed E-state index contributed by atoms with van der Waals surface area (Å²) in [5, 5.41) is 11.5. The van der Waals surface area contributed by atoms with Gasteiger partial charge in [0.25, 0.3) is 0 Å². The van der Waals surface area contributed by atoms with E-state index in [1.54, 1.807) is 0 Å². The highest BCUT2D eigenvalue weighted by Gasteiger charge is 2.16. The van der Waals surface area contributed by atoms with Crippen molar-refractivity contribution < 1.29 is 9.90 Å². The maximum absolute atomic E-state index is 10.4. The molecule has 1 heterocycles. The molecule has 0 fully saturated rings. The molecule has 1 aromatic rings. The van der Waals surface area contributed by atoms with Crippen LogP contribution in [0, 0.1) is 6.92 Å². The summed E-state index contributed by atoms with van der Waals surface area (Å²) in [6, 6.07) is 0. The SMILES string of the molecule is Cc1nc(NCCC(=O)O)nc2c1CCC2. The highest BCUT2D eigenvalue weighted by Crippen LogP contribution is 2.23. The third-order valence-electron chi connectivity index (χ3n) is 2.76. The smallest absolute Gasteiger partial charge is 0.305 e. The molecule has 5 nitrogen and oxygen atoms in total. The van der Waals surface area contributed by atoms with Crippen LogP contribution in [0.3, 0.4) is 0 Å². The monoisotopic (exact) mass is 221 g/mol. The quantitative estimate of drug-likeness (QED) is 0.798. The van der Waals surface area contributed by atoms with Crippen molar-refractivity contribution in [3.63, 3.8) is 0 Å². The summed E-state index contributed by atoms with van der Waals surface area (Å²) >= 11 is 0. The third kappa shape index (κ3) is 2.29. The predicted molar refractivity (Wildman–Crippen MR) is 59.5 cm³/mol. The average molecular weight is 221 g/mol. The number of anilines is 1. The third-order valence-corrected chi connectivity index (χ3v) is 2.76. The number of fused-ring (bicyclic) bond motifs is 1. The second kappa shape index (κ2) is 4.47. The lowest BCUT2D eigenvalue weighted by Crippen LogP contribution is -2.11. The van der Waals surface area contributed by atoms with Gasteiger partial charge in [0.2, 0.25) is 5.95 Å². The number of carbonyl (C=O) groups is 1. The number of hydrogen-bond donors (Lipinski definition) is 2. The molecule has 0 aromatic carbocycles. The van der Waals surface area contributed by atoms with Crippen molar-refractivity contribution in [3.05, 3.63) is 17.0 Å². The maximum Gasteiger partial charge on any atom is 0.305 e. The van der Waals surface area contributed by atoms with Crippen LogP contribution in [0.2, 0.25) is 0 Å². The Balaban J connectivity index is 2.05. The first-order valence-corrected chi connectivity index (χ1v) is 5.49. The molecule has 0 spiro atoms. The van der Waals surface area contributed by atoms with Gasteiger partial charge in [-0.25, -0.2) is 9.97 Å². The Kier molecular flexibility index (Phi) is 3.03. The van der Waals surface area contributed by atoms with Gasteiger partial charge < -0.3 is 10.4 Å². The molecule has 0 unspecified atom stereocenters. The normalized spacial score (nSPS) is 13.6. The van der Waals surface area contributed by atoms with E-state index in [1.807, 2.05) is 6.92 Å². The number of aliphatic carboxylic acids is 1. The highest BCUT2D eigenvalue weighted by molar-refractivity contribution is 5.67. The summed E-state index contributed by atoms with van der Waals surface area (Å²) in [6.45, 7) is 2.35. The van der Waals surface area contributed by atoms with Crippen molar-refractivity contribution in [2.75, 3.05) is 11.9 Å². The van der Waals surface area contributed by atoms with E-state index < -0.39 is 5.97 Å². The van der Waals surface area contributed by atoms with Crippen molar-refractivity contribution in [2.45, 2.75) is 32.6 Å². The molecular weight excluding hydrogens is 206 g/mol. The van der Waals surface area contributed by atoms with Gasteiger partial charge in [-0.3, -0.25) is 4.79 Å². The fourth-order valence-corrected chi connectivity index (χ4v) is 1.98. The van der Waals surface area contributed by atoms with E-state index in [0.717, 1.165) is 30.7 Å². The molecule has 0 bridgehead atoms. The second-order valence-corrected chi connectivity index (χ2v) is 3.98. The van der Waals surface area contributed by atoms with Gasteiger partial charge >= 0.3 is 5.97 Å². The van der Waals surface area contributed by atoms with Crippen LogP contribution in [-0.4, -0.2) is 27.6 Å². The molecule has 86 valence electrons. The Morgan fingerprint density at radius 2 is 2.25 bits per heavy atom. The predicted octanol–water partition coefficient (Wildman–Crippen LogP) is 1.16. The Morgan fingerprint density at radius 1 is 1.44 bits per heavy atom. The molecule has 0 saturated heterocycles. The molecule has 1 aromatic heterocycles. The van der Waals surface area contributed by atoms with Crippen LogP contribution < -0.4 is 5.32 Å². The summed E-state index contributed by atoms with van der Waals surface area (Å²) < 4.78 is 0. The van der Waals surface area contributed by atoms with E-state index in [-0.39, 0.29) is 6.42 Å². The van der Waals surface area contributed by atoms with Crippen molar-refractivity contribution in [3.8, 4) is 0 Å². The number of nitrogens with one attached hydrogen (secondary N) is 1. The van der Waals surface area contributed by atoms with Crippen LogP contribution in [0.1, 0.15) is 29.8 Å². The van der Waals surface area contributed by atoms with E-state index >= 15 is 0 Å². The number of carboxylic acid groups (broad SMARTS) is 1. The van der Waals surface area contributed by atoms with E-state index in [4.69, 9.17) is 5.11 Å². The minimum atomic E-state index is -0.814. The van der Waals surface area contributed by atoms with Gasteiger partial charge in [-0.15, -0.1) is 0 Å². The first-order valence-electron chi connectivity index (χ1n) is 5.49. The van der Waals surface area contributed by atoms with Gasteiger partial charge in [-0.2, -0.15) is 0 Å². The molecule has 0 atom stereocenters. The van der Waals surface area contributed by atoms with Gasteiger partial charge in [0.15, 0.2) is 0 Å². The minimum Gasteiger partial charge on any atom is -0.481 e. The largest absolute Gasteiger partial charge is 0.481 e. The summed E-state index contributed by atoms with van der Waals surface area (Å²) in [6.07, 6.45) is 3.30. The van der Waals surface area contributed by atoms with Gasteiger partial charge in [0.1, 0.15) is 0 Å². The first-order chi connectivity index (χ1) is 7.66.